The quantitative estimate of drug-likeness (QED) is 0.801. The number of hydrogen-bond donors (Lipinski definition) is 2. The highest BCUT2D eigenvalue weighted by Gasteiger charge is 2.21. The number of rotatable bonds is 2. The number of anilines is 1. The van der Waals surface area contributed by atoms with Gasteiger partial charge in [0.2, 0.25) is 5.91 Å². The van der Waals surface area contributed by atoms with Crippen LogP contribution in [0.3, 0.4) is 0 Å². The van der Waals surface area contributed by atoms with E-state index in [0.717, 1.165) is 11.3 Å². The minimum atomic E-state index is -0.407. The van der Waals surface area contributed by atoms with Gasteiger partial charge >= 0.3 is 0 Å². The highest BCUT2D eigenvalue weighted by Crippen LogP contribution is 2.19. The average molecular weight is 218 g/mol. The molecule has 0 spiro atoms. The summed E-state index contributed by atoms with van der Waals surface area (Å²) >= 11 is 0. The Morgan fingerprint density at radius 2 is 2.00 bits per heavy atom. The van der Waals surface area contributed by atoms with Gasteiger partial charge in [0.15, 0.2) is 0 Å². The third-order valence-electron chi connectivity index (χ3n) is 2.17. The summed E-state index contributed by atoms with van der Waals surface area (Å²) in [6.45, 7) is 9.27. The van der Waals surface area contributed by atoms with Crippen molar-refractivity contribution in [1.82, 2.24) is 0 Å². The van der Waals surface area contributed by atoms with Gasteiger partial charge in [-0.2, -0.15) is 0 Å². The molecule has 0 aliphatic carbocycles. The third kappa shape index (κ3) is 3.12. The predicted molar refractivity (Wildman–Crippen MR) is 67.7 cm³/mol. The normalized spacial score (nSPS) is 10.9. The summed E-state index contributed by atoms with van der Waals surface area (Å²) in [6, 6.07) is 7.34. The molecule has 0 saturated heterocycles. The maximum atomic E-state index is 11.8. The average Bonchev–Trinajstić information content (AvgIpc) is 2.16. The lowest BCUT2D eigenvalue weighted by atomic mass is 9.95. The van der Waals surface area contributed by atoms with E-state index in [2.05, 4.69) is 11.9 Å². The van der Waals surface area contributed by atoms with Crippen LogP contribution in [0.2, 0.25) is 0 Å². The zero-order chi connectivity index (χ0) is 12.3. The lowest BCUT2D eigenvalue weighted by Gasteiger charge is -2.18. The first-order valence-electron chi connectivity index (χ1n) is 5.17. The van der Waals surface area contributed by atoms with E-state index in [1.807, 2.05) is 45.0 Å². The second-order valence-electron chi connectivity index (χ2n) is 4.81. The Balaban J connectivity index is 2.87. The number of carbonyl (C=O) groups excluding carboxylic acids is 1. The molecule has 3 heteroatoms. The van der Waals surface area contributed by atoms with Crippen molar-refractivity contribution < 1.29 is 4.79 Å². The van der Waals surface area contributed by atoms with Gasteiger partial charge in [-0.3, -0.25) is 4.79 Å². The van der Waals surface area contributed by atoms with Crippen molar-refractivity contribution in [2.75, 3.05) is 5.32 Å². The summed E-state index contributed by atoms with van der Waals surface area (Å²) in [5, 5.41) is 2.84. The molecule has 0 unspecified atom stereocenters. The second-order valence-corrected chi connectivity index (χ2v) is 4.81. The Bertz CT molecular complexity index is 416. The molecule has 3 N–H and O–H groups in total. The highest BCUT2D eigenvalue weighted by atomic mass is 16.2. The van der Waals surface area contributed by atoms with Gasteiger partial charge in [-0.1, -0.05) is 39.5 Å². The monoisotopic (exact) mass is 218 g/mol. The van der Waals surface area contributed by atoms with E-state index in [-0.39, 0.29) is 5.91 Å². The minimum Gasteiger partial charge on any atom is -0.399 e. The molecule has 0 saturated carbocycles. The van der Waals surface area contributed by atoms with Gasteiger partial charge in [-0.25, -0.2) is 0 Å². The molecule has 0 atom stereocenters. The molecule has 1 aromatic rings. The summed E-state index contributed by atoms with van der Waals surface area (Å²) in [5.41, 5.74) is 7.24. The molecule has 3 nitrogen and oxygen atoms in total. The molecule has 1 amide bonds. The van der Waals surface area contributed by atoms with Crippen molar-refractivity contribution in [3.05, 3.63) is 36.4 Å². The molecular weight excluding hydrogens is 200 g/mol. The largest absolute Gasteiger partial charge is 0.399 e. The van der Waals surface area contributed by atoms with Crippen LogP contribution >= 0.6 is 0 Å². The Hall–Kier alpha value is -1.77. The minimum absolute atomic E-state index is 0.0210. The molecule has 0 aliphatic heterocycles. The molecule has 1 rings (SSSR count). The van der Waals surface area contributed by atoms with Gasteiger partial charge in [-0.15, -0.1) is 0 Å². The highest BCUT2D eigenvalue weighted by molar-refractivity contribution is 5.94. The maximum absolute atomic E-state index is 11.8. The third-order valence-corrected chi connectivity index (χ3v) is 2.17. The molecular formula is C13H18N2O. The van der Waals surface area contributed by atoms with E-state index < -0.39 is 5.41 Å². The molecule has 0 aromatic heterocycles. The van der Waals surface area contributed by atoms with E-state index in [0.29, 0.717) is 5.70 Å². The zero-order valence-electron chi connectivity index (χ0n) is 10.0. The zero-order valence-corrected chi connectivity index (χ0v) is 10.0. The van der Waals surface area contributed by atoms with E-state index in [1.165, 1.54) is 0 Å². The van der Waals surface area contributed by atoms with Gasteiger partial charge in [0.05, 0.1) is 0 Å². The first kappa shape index (κ1) is 12.3. The number of nitrogens with two attached hydrogens (primary N) is 1. The van der Waals surface area contributed by atoms with Crippen LogP contribution in [-0.2, 0) is 4.79 Å². The van der Waals surface area contributed by atoms with E-state index in [1.54, 1.807) is 0 Å². The number of nitrogens with one attached hydrogen (secondary N) is 1. The van der Waals surface area contributed by atoms with Crippen LogP contribution in [0.1, 0.15) is 26.3 Å². The number of amides is 1. The number of hydrogen-bond acceptors (Lipinski definition) is 2. The molecule has 0 bridgehead atoms. The van der Waals surface area contributed by atoms with Crippen molar-refractivity contribution in [3.8, 4) is 0 Å². The van der Waals surface area contributed by atoms with E-state index in [4.69, 9.17) is 5.73 Å². The Labute approximate surface area is 96.3 Å². The first-order chi connectivity index (χ1) is 7.30. The maximum Gasteiger partial charge on any atom is 0.229 e. The van der Waals surface area contributed by atoms with Gasteiger partial charge in [0, 0.05) is 16.8 Å². The van der Waals surface area contributed by atoms with Crippen LogP contribution in [0.25, 0.3) is 5.70 Å². The van der Waals surface area contributed by atoms with Crippen LogP contribution in [0.5, 0.6) is 0 Å². The van der Waals surface area contributed by atoms with Crippen molar-refractivity contribution in [3.63, 3.8) is 0 Å². The molecule has 0 heterocycles. The molecule has 0 radical (unpaired) electrons. The van der Waals surface area contributed by atoms with Crippen molar-refractivity contribution >= 4 is 17.3 Å². The summed E-state index contributed by atoms with van der Waals surface area (Å²) in [4.78, 5) is 11.8. The summed E-state index contributed by atoms with van der Waals surface area (Å²) in [5.74, 6) is -0.0210. The fourth-order valence-corrected chi connectivity index (χ4v) is 1.12. The second kappa shape index (κ2) is 4.39. The lowest BCUT2D eigenvalue weighted by molar-refractivity contribution is -0.123. The molecule has 0 fully saturated rings. The molecule has 0 aliphatic rings. The van der Waals surface area contributed by atoms with E-state index in [9.17, 15) is 4.79 Å². The van der Waals surface area contributed by atoms with Crippen LogP contribution in [0.4, 0.5) is 5.69 Å². The fourth-order valence-electron chi connectivity index (χ4n) is 1.12. The Kier molecular flexibility index (Phi) is 3.38. The fraction of sp³-hybridized carbons (Fsp3) is 0.308. The SMILES string of the molecule is C=C(N)c1cccc(NC(=O)C(C)(C)C)c1. The van der Waals surface area contributed by atoms with Crippen LogP contribution in [0, 0.1) is 5.41 Å². The predicted octanol–water partition coefficient (Wildman–Crippen LogP) is 2.60. The van der Waals surface area contributed by atoms with Crippen molar-refractivity contribution in [2.45, 2.75) is 20.8 Å². The standard InChI is InChI=1S/C13H18N2O/c1-9(14)10-6-5-7-11(8-10)15-12(16)13(2,3)4/h5-8H,1,14H2,2-4H3,(H,15,16). The van der Waals surface area contributed by atoms with Gasteiger partial charge in [0.25, 0.3) is 0 Å². The smallest absolute Gasteiger partial charge is 0.229 e. The first-order valence-corrected chi connectivity index (χ1v) is 5.17. The lowest BCUT2D eigenvalue weighted by Crippen LogP contribution is -2.27. The number of carbonyl (C=O) groups is 1. The Morgan fingerprint density at radius 3 is 2.50 bits per heavy atom. The van der Waals surface area contributed by atoms with Gasteiger partial charge in [-0.05, 0) is 17.7 Å². The summed E-state index contributed by atoms with van der Waals surface area (Å²) < 4.78 is 0. The summed E-state index contributed by atoms with van der Waals surface area (Å²) in [7, 11) is 0. The van der Waals surface area contributed by atoms with E-state index >= 15 is 0 Å². The molecule has 16 heavy (non-hydrogen) atoms. The van der Waals surface area contributed by atoms with Crippen molar-refractivity contribution in [1.29, 1.82) is 0 Å². The topological polar surface area (TPSA) is 55.1 Å². The Morgan fingerprint density at radius 1 is 1.38 bits per heavy atom. The molecule has 86 valence electrons. The van der Waals surface area contributed by atoms with Gasteiger partial charge in [0.1, 0.15) is 0 Å². The van der Waals surface area contributed by atoms with Gasteiger partial charge < -0.3 is 11.1 Å². The van der Waals surface area contributed by atoms with Crippen LogP contribution < -0.4 is 11.1 Å². The van der Waals surface area contributed by atoms with Crippen LogP contribution in [-0.4, -0.2) is 5.91 Å². The summed E-state index contributed by atoms with van der Waals surface area (Å²) in [6.07, 6.45) is 0. The molecule has 1 aromatic carbocycles. The number of benzene rings is 1. The van der Waals surface area contributed by atoms with Crippen LogP contribution in [0.15, 0.2) is 30.8 Å². The van der Waals surface area contributed by atoms with Crippen molar-refractivity contribution in [2.24, 2.45) is 11.1 Å².